The summed E-state index contributed by atoms with van der Waals surface area (Å²) in [5.41, 5.74) is 0.501. The second-order valence-electron chi connectivity index (χ2n) is 3.67. The van der Waals surface area contributed by atoms with Crippen LogP contribution < -0.4 is 4.74 Å². The Bertz CT molecular complexity index is 552. The molecule has 18 heavy (non-hydrogen) atoms. The third-order valence-corrected chi connectivity index (χ3v) is 2.41. The predicted molar refractivity (Wildman–Crippen MR) is 63.7 cm³/mol. The van der Waals surface area contributed by atoms with Gasteiger partial charge in [0, 0.05) is 5.56 Å². The molecule has 0 saturated carbocycles. The quantitative estimate of drug-likeness (QED) is 0.668. The minimum atomic E-state index is -0.531. The molecular formula is C14H11FO3. The largest absolute Gasteiger partial charge is 0.423 e. The van der Waals surface area contributed by atoms with Gasteiger partial charge in [-0.15, -0.1) is 0 Å². The molecule has 3 nitrogen and oxygen atoms in total. The fourth-order valence-electron chi connectivity index (χ4n) is 1.48. The number of aliphatic hydroxyl groups is 1. The number of carbonyl (C=O) groups excluding carboxylic acids is 1. The number of benzene rings is 2. The van der Waals surface area contributed by atoms with E-state index in [2.05, 4.69) is 0 Å². The lowest BCUT2D eigenvalue weighted by Crippen LogP contribution is -2.08. The number of carbonyl (C=O) groups is 1. The minimum Gasteiger partial charge on any atom is -0.423 e. The van der Waals surface area contributed by atoms with Crippen molar-refractivity contribution in [3.63, 3.8) is 0 Å². The van der Waals surface area contributed by atoms with Crippen LogP contribution in [0.15, 0.2) is 48.5 Å². The first-order chi connectivity index (χ1) is 8.70. The van der Waals surface area contributed by atoms with Gasteiger partial charge in [0.2, 0.25) is 0 Å². The van der Waals surface area contributed by atoms with Crippen LogP contribution in [0, 0.1) is 5.82 Å². The lowest BCUT2D eigenvalue weighted by molar-refractivity contribution is 0.0734. The van der Waals surface area contributed by atoms with Crippen LogP contribution in [0.3, 0.4) is 0 Å². The molecule has 0 saturated heterocycles. The maximum absolute atomic E-state index is 13.1. The Hall–Kier alpha value is -2.20. The fourth-order valence-corrected chi connectivity index (χ4v) is 1.48. The molecule has 2 aromatic rings. The lowest BCUT2D eigenvalue weighted by atomic mass is 10.2. The van der Waals surface area contributed by atoms with Crippen LogP contribution in [0.1, 0.15) is 15.9 Å². The van der Waals surface area contributed by atoms with Crippen molar-refractivity contribution in [3.8, 4) is 5.75 Å². The molecule has 0 aliphatic heterocycles. The molecule has 0 atom stereocenters. The van der Waals surface area contributed by atoms with Crippen molar-refractivity contribution in [1.29, 1.82) is 0 Å². The Morgan fingerprint density at radius 1 is 1.17 bits per heavy atom. The van der Waals surface area contributed by atoms with Gasteiger partial charge in [0.1, 0.15) is 11.6 Å². The number of hydrogen-bond acceptors (Lipinski definition) is 3. The lowest BCUT2D eigenvalue weighted by Gasteiger charge is -2.06. The summed E-state index contributed by atoms with van der Waals surface area (Å²) in [5, 5.41) is 8.91. The van der Waals surface area contributed by atoms with Gasteiger partial charge in [-0.2, -0.15) is 0 Å². The standard InChI is InChI=1S/C14H11FO3/c15-13-7-6-12(8-11(13)9-16)18-14(17)10-4-2-1-3-5-10/h1-8,16H,9H2. The normalized spacial score (nSPS) is 10.1. The van der Waals surface area contributed by atoms with Gasteiger partial charge in [0.25, 0.3) is 0 Å². The first kappa shape index (κ1) is 12.3. The molecule has 0 aliphatic carbocycles. The van der Waals surface area contributed by atoms with Gasteiger partial charge < -0.3 is 9.84 Å². The Morgan fingerprint density at radius 2 is 1.89 bits per heavy atom. The first-order valence-corrected chi connectivity index (χ1v) is 5.37. The monoisotopic (exact) mass is 246 g/mol. The average Bonchev–Trinajstić information content (AvgIpc) is 2.42. The number of halogens is 1. The van der Waals surface area contributed by atoms with Crippen molar-refractivity contribution in [2.45, 2.75) is 6.61 Å². The molecule has 0 bridgehead atoms. The van der Waals surface area contributed by atoms with E-state index in [1.54, 1.807) is 30.3 Å². The highest BCUT2D eigenvalue weighted by Gasteiger charge is 2.09. The summed E-state index contributed by atoms with van der Waals surface area (Å²) in [5.74, 6) is -0.850. The summed E-state index contributed by atoms with van der Waals surface area (Å²) in [6.07, 6.45) is 0. The number of hydrogen-bond donors (Lipinski definition) is 1. The third kappa shape index (κ3) is 2.73. The second kappa shape index (κ2) is 5.42. The molecule has 0 fully saturated rings. The van der Waals surface area contributed by atoms with Gasteiger partial charge in [-0.05, 0) is 30.3 Å². The van der Waals surface area contributed by atoms with Crippen LogP contribution in [0.5, 0.6) is 5.75 Å². The van der Waals surface area contributed by atoms with Gasteiger partial charge in [-0.25, -0.2) is 9.18 Å². The highest BCUT2D eigenvalue weighted by Crippen LogP contribution is 2.18. The molecule has 0 heterocycles. The molecule has 0 unspecified atom stereocenters. The highest BCUT2D eigenvalue weighted by molar-refractivity contribution is 5.90. The van der Waals surface area contributed by atoms with Gasteiger partial charge in [-0.3, -0.25) is 0 Å². The van der Waals surface area contributed by atoms with Crippen LogP contribution in [0.4, 0.5) is 4.39 Å². The number of esters is 1. The van der Waals surface area contributed by atoms with Crippen molar-refractivity contribution in [3.05, 3.63) is 65.5 Å². The summed E-state index contributed by atoms with van der Waals surface area (Å²) in [4.78, 5) is 11.7. The fraction of sp³-hybridized carbons (Fsp3) is 0.0714. The Balaban J connectivity index is 2.17. The van der Waals surface area contributed by atoms with Gasteiger partial charge in [-0.1, -0.05) is 18.2 Å². The first-order valence-electron chi connectivity index (χ1n) is 5.37. The molecule has 92 valence electrons. The topological polar surface area (TPSA) is 46.5 Å². The Morgan fingerprint density at radius 3 is 2.56 bits per heavy atom. The van der Waals surface area contributed by atoms with Crippen LogP contribution in [-0.2, 0) is 6.61 Å². The number of aliphatic hydroxyl groups excluding tert-OH is 1. The summed E-state index contributed by atoms with van der Waals surface area (Å²) < 4.78 is 18.2. The molecule has 0 aromatic heterocycles. The summed E-state index contributed by atoms with van der Waals surface area (Å²) in [7, 11) is 0. The zero-order valence-electron chi connectivity index (χ0n) is 9.47. The van der Waals surface area contributed by atoms with E-state index >= 15 is 0 Å². The predicted octanol–water partition coefficient (Wildman–Crippen LogP) is 2.54. The molecule has 0 amide bonds. The Kier molecular flexibility index (Phi) is 3.69. The van der Waals surface area contributed by atoms with Crippen molar-refractivity contribution < 1.29 is 19.0 Å². The van der Waals surface area contributed by atoms with E-state index in [4.69, 9.17) is 9.84 Å². The maximum atomic E-state index is 13.1. The minimum absolute atomic E-state index is 0.0911. The summed E-state index contributed by atoms with van der Waals surface area (Å²) in [6.45, 7) is -0.442. The molecule has 4 heteroatoms. The molecule has 1 N–H and O–H groups in total. The van der Waals surface area contributed by atoms with E-state index in [1.807, 2.05) is 0 Å². The van der Waals surface area contributed by atoms with E-state index in [0.29, 0.717) is 5.56 Å². The molecule has 0 aliphatic rings. The van der Waals surface area contributed by atoms with E-state index in [0.717, 1.165) is 6.07 Å². The number of rotatable bonds is 3. The number of ether oxygens (including phenoxy) is 1. The summed E-state index contributed by atoms with van der Waals surface area (Å²) >= 11 is 0. The molecular weight excluding hydrogens is 235 g/mol. The van der Waals surface area contributed by atoms with E-state index < -0.39 is 18.4 Å². The SMILES string of the molecule is O=C(Oc1ccc(F)c(CO)c1)c1ccccc1. The van der Waals surface area contributed by atoms with Gasteiger partial charge >= 0.3 is 5.97 Å². The van der Waals surface area contributed by atoms with Crippen LogP contribution in [0.2, 0.25) is 0 Å². The molecule has 0 radical (unpaired) electrons. The third-order valence-electron chi connectivity index (χ3n) is 2.41. The Labute approximate surface area is 103 Å². The van der Waals surface area contributed by atoms with Crippen molar-refractivity contribution in [2.24, 2.45) is 0 Å². The van der Waals surface area contributed by atoms with E-state index in [-0.39, 0.29) is 11.3 Å². The smallest absolute Gasteiger partial charge is 0.343 e. The second-order valence-corrected chi connectivity index (χ2v) is 3.67. The molecule has 2 rings (SSSR count). The molecule has 2 aromatic carbocycles. The summed E-state index contributed by atoms with van der Waals surface area (Å²) in [6, 6.07) is 12.3. The van der Waals surface area contributed by atoms with Gasteiger partial charge in [0.15, 0.2) is 0 Å². The highest BCUT2D eigenvalue weighted by atomic mass is 19.1. The van der Waals surface area contributed by atoms with Crippen LogP contribution >= 0.6 is 0 Å². The van der Waals surface area contributed by atoms with Crippen LogP contribution in [-0.4, -0.2) is 11.1 Å². The van der Waals surface area contributed by atoms with E-state index in [1.165, 1.54) is 12.1 Å². The van der Waals surface area contributed by atoms with Crippen molar-refractivity contribution in [1.82, 2.24) is 0 Å². The zero-order chi connectivity index (χ0) is 13.0. The molecule has 0 spiro atoms. The average molecular weight is 246 g/mol. The van der Waals surface area contributed by atoms with Crippen molar-refractivity contribution >= 4 is 5.97 Å². The van der Waals surface area contributed by atoms with Crippen molar-refractivity contribution in [2.75, 3.05) is 0 Å². The zero-order valence-corrected chi connectivity index (χ0v) is 9.47. The van der Waals surface area contributed by atoms with Gasteiger partial charge in [0.05, 0.1) is 12.2 Å². The maximum Gasteiger partial charge on any atom is 0.343 e. The van der Waals surface area contributed by atoms with E-state index in [9.17, 15) is 9.18 Å². The van der Waals surface area contributed by atoms with Crippen LogP contribution in [0.25, 0.3) is 0 Å².